The fourth-order valence-electron chi connectivity index (χ4n) is 3.16. The van der Waals surface area contributed by atoms with Gasteiger partial charge in [0.2, 0.25) is 11.8 Å². The monoisotopic (exact) mass is 500 g/mol. The van der Waals surface area contributed by atoms with E-state index in [1.54, 1.807) is 18.2 Å². The zero-order chi connectivity index (χ0) is 24.0. The maximum absolute atomic E-state index is 13.3. The third-order valence-electron chi connectivity index (χ3n) is 4.59. The Morgan fingerprint density at radius 3 is 2.33 bits per heavy atom. The largest absolute Gasteiger partial charge is 0.326 e. The minimum atomic E-state index is -0.540. The zero-order valence-corrected chi connectivity index (χ0v) is 21.0. The maximum Gasteiger partial charge on any atom is 0.242 e. The minimum Gasteiger partial charge on any atom is -0.326 e. The van der Waals surface area contributed by atoms with E-state index in [0.717, 1.165) is 10.5 Å². The molecule has 33 heavy (non-hydrogen) atoms. The summed E-state index contributed by atoms with van der Waals surface area (Å²) in [5.74, 6) is -0.268. The molecule has 0 aromatic heterocycles. The van der Waals surface area contributed by atoms with Crippen molar-refractivity contribution in [1.82, 2.24) is 0 Å². The molecule has 0 spiro atoms. The van der Waals surface area contributed by atoms with Crippen molar-refractivity contribution in [1.29, 1.82) is 0 Å². The van der Waals surface area contributed by atoms with Gasteiger partial charge in [0, 0.05) is 22.0 Å². The highest BCUT2D eigenvalue weighted by molar-refractivity contribution is 8.00. The van der Waals surface area contributed by atoms with E-state index in [-0.39, 0.29) is 17.2 Å². The second kappa shape index (κ2) is 11.1. The molecule has 3 aromatic carbocycles. The van der Waals surface area contributed by atoms with E-state index in [4.69, 9.17) is 23.2 Å². The van der Waals surface area contributed by atoms with Gasteiger partial charge in [-0.15, -0.1) is 11.8 Å². The van der Waals surface area contributed by atoms with Crippen LogP contribution in [0.1, 0.15) is 38.0 Å². The summed E-state index contributed by atoms with van der Waals surface area (Å²) in [6.45, 7) is 6.07. The first kappa shape index (κ1) is 25.2. The smallest absolute Gasteiger partial charge is 0.242 e. The van der Waals surface area contributed by atoms with Crippen molar-refractivity contribution in [2.45, 2.75) is 37.3 Å². The number of amides is 2. The highest BCUT2D eigenvalue weighted by atomic mass is 35.5. The van der Waals surface area contributed by atoms with E-state index in [1.165, 1.54) is 11.8 Å². The van der Waals surface area contributed by atoms with Gasteiger partial charge in [0.25, 0.3) is 0 Å². The first-order valence-electron chi connectivity index (χ1n) is 10.5. The molecule has 0 aliphatic heterocycles. The lowest BCUT2D eigenvalue weighted by Crippen LogP contribution is -2.20. The van der Waals surface area contributed by atoms with E-state index < -0.39 is 5.25 Å². The summed E-state index contributed by atoms with van der Waals surface area (Å²) in [5.41, 5.74) is 1.90. The fourth-order valence-corrected chi connectivity index (χ4v) is 4.58. The van der Waals surface area contributed by atoms with Gasteiger partial charge < -0.3 is 10.6 Å². The molecular weight excluding hydrogens is 475 g/mol. The molecule has 0 aliphatic carbocycles. The molecule has 0 saturated carbocycles. The Balaban J connectivity index is 1.82. The topological polar surface area (TPSA) is 58.2 Å². The van der Waals surface area contributed by atoms with Crippen molar-refractivity contribution >= 4 is 58.2 Å². The summed E-state index contributed by atoms with van der Waals surface area (Å²) < 4.78 is 0. The highest BCUT2D eigenvalue weighted by Crippen LogP contribution is 2.38. The lowest BCUT2D eigenvalue weighted by atomic mass is 9.92. The minimum absolute atomic E-state index is 0.0439. The Hall–Kier alpha value is -2.47. The molecule has 1 unspecified atom stereocenters. The summed E-state index contributed by atoms with van der Waals surface area (Å²) in [6, 6.07) is 21.9. The third-order valence-corrected chi connectivity index (χ3v) is 6.40. The van der Waals surface area contributed by atoms with Crippen LogP contribution >= 0.6 is 35.0 Å². The summed E-state index contributed by atoms with van der Waals surface area (Å²) in [4.78, 5) is 26.5. The predicted molar refractivity (Wildman–Crippen MR) is 139 cm³/mol. The van der Waals surface area contributed by atoms with Gasteiger partial charge in [0.05, 0.1) is 10.7 Å². The van der Waals surface area contributed by atoms with Crippen LogP contribution in [0, 0.1) is 5.41 Å². The van der Waals surface area contributed by atoms with Crippen LogP contribution in [0.3, 0.4) is 0 Å². The van der Waals surface area contributed by atoms with Crippen molar-refractivity contribution in [2.24, 2.45) is 5.41 Å². The predicted octanol–water partition coefficient (Wildman–Crippen LogP) is 7.84. The molecular formula is C26H26Cl2N2O2S. The molecule has 3 aromatic rings. The van der Waals surface area contributed by atoms with Gasteiger partial charge >= 0.3 is 0 Å². The van der Waals surface area contributed by atoms with E-state index in [2.05, 4.69) is 10.6 Å². The maximum atomic E-state index is 13.3. The number of carbonyl (C=O) groups excluding carboxylic acids is 2. The summed E-state index contributed by atoms with van der Waals surface area (Å²) in [5, 5.41) is 6.20. The third kappa shape index (κ3) is 7.81. The molecule has 0 fully saturated rings. The van der Waals surface area contributed by atoms with Crippen molar-refractivity contribution in [2.75, 3.05) is 10.6 Å². The second-order valence-corrected chi connectivity index (χ2v) is 10.9. The van der Waals surface area contributed by atoms with Gasteiger partial charge in [-0.1, -0.05) is 80.4 Å². The number of carbonyl (C=O) groups is 2. The molecule has 172 valence electrons. The number of thioether (sulfide) groups is 1. The summed E-state index contributed by atoms with van der Waals surface area (Å²) in [7, 11) is 0. The molecule has 0 saturated heterocycles. The van der Waals surface area contributed by atoms with Gasteiger partial charge in [-0.3, -0.25) is 9.59 Å². The molecule has 3 rings (SSSR count). The number of hydrogen-bond donors (Lipinski definition) is 2. The van der Waals surface area contributed by atoms with Crippen molar-refractivity contribution in [3.63, 3.8) is 0 Å². The van der Waals surface area contributed by atoms with E-state index in [9.17, 15) is 9.59 Å². The number of anilines is 2. The first-order chi connectivity index (χ1) is 15.6. The molecule has 0 bridgehead atoms. The van der Waals surface area contributed by atoms with Crippen LogP contribution in [0.5, 0.6) is 0 Å². The van der Waals surface area contributed by atoms with Crippen LogP contribution in [0.4, 0.5) is 11.4 Å². The number of rotatable bonds is 7. The summed E-state index contributed by atoms with van der Waals surface area (Å²) in [6.07, 6.45) is 0.416. The lowest BCUT2D eigenvalue weighted by Gasteiger charge is -2.19. The standard InChI is InChI=1S/C26H26Cl2N2O2S/c1-26(2,3)16-23(31)29-19-10-7-11-20(15-19)33-24(17-8-5-4-6-9-17)25(32)30-22-14-18(27)12-13-21(22)28/h4-15,24H,16H2,1-3H3,(H,29,31)(H,30,32). The zero-order valence-electron chi connectivity index (χ0n) is 18.7. The molecule has 0 heterocycles. The van der Waals surface area contributed by atoms with Gasteiger partial charge in [0.15, 0.2) is 0 Å². The molecule has 0 radical (unpaired) electrons. The summed E-state index contributed by atoms with van der Waals surface area (Å²) >= 11 is 13.7. The van der Waals surface area contributed by atoms with Crippen LogP contribution in [0.15, 0.2) is 77.7 Å². The van der Waals surface area contributed by atoms with Crippen LogP contribution in [-0.4, -0.2) is 11.8 Å². The fraction of sp³-hybridized carbons (Fsp3) is 0.231. The Kier molecular flexibility index (Phi) is 8.46. The van der Waals surface area contributed by atoms with Gasteiger partial charge in [0.1, 0.15) is 5.25 Å². The van der Waals surface area contributed by atoms with Crippen LogP contribution in [-0.2, 0) is 9.59 Å². The average Bonchev–Trinajstić information content (AvgIpc) is 2.74. The molecule has 2 amide bonds. The van der Waals surface area contributed by atoms with Gasteiger partial charge in [-0.2, -0.15) is 0 Å². The number of halogens is 2. The normalized spacial score (nSPS) is 12.2. The molecule has 2 N–H and O–H groups in total. The quantitative estimate of drug-likeness (QED) is 0.324. The van der Waals surface area contributed by atoms with E-state index >= 15 is 0 Å². The van der Waals surface area contributed by atoms with Crippen molar-refractivity contribution in [3.05, 3.63) is 88.4 Å². The second-order valence-electron chi connectivity index (χ2n) is 8.84. The number of nitrogens with one attached hydrogen (secondary N) is 2. The van der Waals surface area contributed by atoms with Crippen LogP contribution in [0.2, 0.25) is 10.0 Å². The highest BCUT2D eigenvalue weighted by Gasteiger charge is 2.23. The number of hydrogen-bond acceptors (Lipinski definition) is 3. The van der Waals surface area contributed by atoms with Gasteiger partial charge in [-0.25, -0.2) is 0 Å². The van der Waals surface area contributed by atoms with Crippen LogP contribution < -0.4 is 10.6 Å². The Morgan fingerprint density at radius 1 is 0.909 bits per heavy atom. The molecule has 7 heteroatoms. The SMILES string of the molecule is CC(C)(C)CC(=O)Nc1cccc(SC(C(=O)Nc2cc(Cl)ccc2Cl)c2ccccc2)c1. The molecule has 1 atom stereocenters. The lowest BCUT2D eigenvalue weighted by molar-refractivity contribution is -0.118. The van der Waals surface area contributed by atoms with Crippen molar-refractivity contribution < 1.29 is 9.59 Å². The first-order valence-corrected chi connectivity index (χ1v) is 12.1. The Bertz CT molecular complexity index is 1130. The van der Waals surface area contributed by atoms with Crippen molar-refractivity contribution in [3.8, 4) is 0 Å². The molecule has 4 nitrogen and oxygen atoms in total. The van der Waals surface area contributed by atoms with Crippen LogP contribution in [0.25, 0.3) is 0 Å². The van der Waals surface area contributed by atoms with Gasteiger partial charge in [-0.05, 0) is 47.4 Å². The molecule has 0 aliphatic rings. The average molecular weight is 501 g/mol. The Morgan fingerprint density at radius 2 is 1.64 bits per heavy atom. The Labute approximate surface area is 209 Å². The van der Waals surface area contributed by atoms with E-state index in [0.29, 0.717) is 27.8 Å². The van der Waals surface area contributed by atoms with E-state index in [1.807, 2.05) is 75.4 Å². The number of benzene rings is 3.